The molecular formula is C20H22N2OS. The summed E-state index contributed by atoms with van der Waals surface area (Å²) in [5.41, 5.74) is 3.17. The predicted molar refractivity (Wildman–Crippen MR) is 103 cm³/mol. The Labute approximate surface area is 146 Å². The summed E-state index contributed by atoms with van der Waals surface area (Å²) in [5.74, 6) is -0.0326. The second-order valence-electron chi connectivity index (χ2n) is 6.26. The number of rotatable bonds is 5. The van der Waals surface area contributed by atoms with Gasteiger partial charge in [-0.25, -0.2) is 0 Å². The smallest absolute Gasteiger partial charge is 0.266 e. The highest BCUT2D eigenvalue weighted by Gasteiger charge is 2.15. The number of thiophene rings is 1. The standard InChI is InChI=1S/C20H22N2OS/c1-14-17-6-4-5-7-18(17)24-19(14)20(23)21-16-10-8-15(9-11-16)12-13-22(2)3/h4-11H,12-13H2,1-3H3,(H,21,23). The van der Waals surface area contributed by atoms with Gasteiger partial charge < -0.3 is 10.2 Å². The Kier molecular flexibility index (Phi) is 4.97. The molecule has 1 aromatic heterocycles. The van der Waals surface area contributed by atoms with Gasteiger partial charge >= 0.3 is 0 Å². The molecule has 0 fully saturated rings. The molecule has 0 aliphatic rings. The van der Waals surface area contributed by atoms with Crippen molar-refractivity contribution in [3.8, 4) is 0 Å². The average molecular weight is 338 g/mol. The molecule has 0 aliphatic carbocycles. The number of amides is 1. The Bertz CT molecular complexity index is 850. The minimum atomic E-state index is -0.0326. The highest BCUT2D eigenvalue weighted by molar-refractivity contribution is 7.21. The molecule has 4 heteroatoms. The van der Waals surface area contributed by atoms with Crippen LogP contribution in [0.2, 0.25) is 0 Å². The van der Waals surface area contributed by atoms with E-state index in [4.69, 9.17) is 0 Å². The number of carbonyl (C=O) groups excluding carboxylic acids is 1. The zero-order valence-electron chi connectivity index (χ0n) is 14.3. The molecule has 0 saturated heterocycles. The number of anilines is 1. The van der Waals surface area contributed by atoms with Crippen molar-refractivity contribution in [1.29, 1.82) is 0 Å². The van der Waals surface area contributed by atoms with E-state index in [1.807, 2.05) is 31.2 Å². The van der Waals surface area contributed by atoms with E-state index in [9.17, 15) is 4.79 Å². The summed E-state index contributed by atoms with van der Waals surface area (Å²) in [6.45, 7) is 3.03. The number of likely N-dealkylation sites (N-methyl/N-ethyl adjacent to an activating group) is 1. The lowest BCUT2D eigenvalue weighted by molar-refractivity contribution is 0.103. The lowest BCUT2D eigenvalue weighted by Gasteiger charge is -2.10. The normalized spacial score (nSPS) is 11.2. The van der Waals surface area contributed by atoms with E-state index in [2.05, 4.69) is 48.6 Å². The highest BCUT2D eigenvalue weighted by Crippen LogP contribution is 2.31. The molecule has 3 aromatic rings. The SMILES string of the molecule is Cc1c(C(=O)Nc2ccc(CCN(C)C)cc2)sc2ccccc12. The van der Waals surface area contributed by atoms with Crippen LogP contribution in [0.1, 0.15) is 20.8 Å². The van der Waals surface area contributed by atoms with Gasteiger partial charge in [0.05, 0.1) is 4.88 Å². The van der Waals surface area contributed by atoms with E-state index in [1.54, 1.807) is 11.3 Å². The molecule has 1 amide bonds. The molecule has 3 rings (SSSR count). The maximum Gasteiger partial charge on any atom is 0.266 e. The molecule has 0 saturated carbocycles. The van der Waals surface area contributed by atoms with Gasteiger partial charge in [0.15, 0.2) is 0 Å². The molecule has 24 heavy (non-hydrogen) atoms. The van der Waals surface area contributed by atoms with Gasteiger partial charge in [0.2, 0.25) is 0 Å². The summed E-state index contributed by atoms with van der Waals surface area (Å²) in [7, 11) is 4.14. The molecular weight excluding hydrogens is 316 g/mol. The first-order chi connectivity index (χ1) is 11.5. The van der Waals surface area contributed by atoms with Gasteiger partial charge in [-0.1, -0.05) is 30.3 Å². The van der Waals surface area contributed by atoms with Crippen LogP contribution in [0.4, 0.5) is 5.69 Å². The van der Waals surface area contributed by atoms with E-state index in [0.29, 0.717) is 0 Å². The van der Waals surface area contributed by atoms with Crippen molar-refractivity contribution < 1.29 is 4.79 Å². The zero-order chi connectivity index (χ0) is 17.1. The van der Waals surface area contributed by atoms with Gasteiger partial charge in [0, 0.05) is 16.9 Å². The molecule has 0 radical (unpaired) electrons. The molecule has 124 valence electrons. The number of benzene rings is 2. The molecule has 0 spiro atoms. The van der Waals surface area contributed by atoms with Gasteiger partial charge in [-0.3, -0.25) is 4.79 Å². The van der Waals surface area contributed by atoms with Crippen LogP contribution in [0.25, 0.3) is 10.1 Å². The van der Waals surface area contributed by atoms with Crippen molar-refractivity contribution in [1.82, 2.24) is 4.90 Å². The number of carbonyl (C=O) groups is 1. The third kappa shape index (κ3) is 3.66. The Balaban J connectivity index is 1.73. The number of aryl methyl sites for hydroxylation is 1. The molecule has 0 bridgehead atoms. The first-order valence-electron chi connectivity index (χ1n) is 8.08. The van der Waals surface area contributed by atoms with E-state index in [0.717, 1.165) is 39.2 Å². The monoisotopic (exact) mass is 338 g/mol. The molecule has 2 aromatic carbocycles. The van der Waals surface area contributed by atoms with E-state index < -0.39 is 0 Å². The Morgan fingerprint density at radius 1 is 1.08 bits per heavy atom. The van der Waals surface area contributed by atoms with Crippen LogP contribution in [0, 0.1) is 6.92 Å². The third-order valence-corrected chi connectivity index (χ3v) is 5.38. The summed E-state index contributed by atoms with van der Waals surface area (Å²) in [6.07, 6.45) is 1.01. The Hall–Kier alpha value is -2.17. The third-order valence-electron chi connectivity index (χ3n) is 4.11. The van der Waals surface area contributed by atoms with Gasteiger partial charge in [0.25, 0.3) is 5.91 Å². The van der Waals surface area contributed by atoms with Crippen LogP contribution in [0.15, 0.2) is 48.5 Å². The summed E-state index contributed by atoms with van der Waals surface area (Å²) in [5, 5.41) is 4.17. The number of nitrogens with zero attached hydrogens (tertiary/aromatic N) is 1. The highest BCUT2D eigenvalue weighted by atomic mass is 32.1. The second kappa shape index (κ2) is 7.16. The number of fused-ring (bicyclic) bond motifs is 1. The predicted octanol–water partition coefficient (Wildman–Crippen LogP) is 4.57. The first kappa shape index (κ1) is 16.7. The van der Waals surface area contributed by atoms with Crippen LogP contribution in [-0.4, -0.2) is 31.4 Å². The molecule has 1 heterocycles. The van der Waals surface area contributed by atoms with Gasteiger partial charge in [-0.15, -0.1) is 11.3 Å². The summed E-state index contributed by atoms with van der Waals surface area (Å²) < 4.78 is 1.15. The maximum absolute atomic E-state index is 12.6. The van der Waals surface area contributed by atoms with Crippen LogP contribution in [0.3, 0.4) is 0 Å². The van der Waals surface area contributed by atoms with Crippen molar-refractivity contribution >= 4 is 33.0 Å². The fourth-order valence-corrected chi connectivity index (χ4v) is 3.79. The average Bonchev–Trinajstić information content (AvgIpc) is 2.92. The van der Waals surface area contributed by atoms with Crippen LogP contribution < -0.4 is 5.32 Å². The Morgan fingerprint density at radius 2 is 1.79 bits per heavy atom. The van der Waals surface area contributed by atoms with Gasteiger partial charge in [0.1, 0.15) is 0 Å². The lowest BCUT2D eigenvalue weighted by Crippen LogP contribution is -2.15. The number of hydrogen-bond donors (Lipinski definition) is 1. The van der Waals surface area contributed by atoms with Crippen molar-refractivity contribution in [2.75, 3.05) is 26.0 Å². The Morgan fingerprint density at radius 3 is 2.46 bits per heavy atom. The lowest BCUT2D eigenvalue weighted by atomic mass is 10.1. The van der Waals surface area contributed by atoms with E-state index in [-0.39, 0.29) is 5.91 Å². The second-order valence-corrected chi connectivity index (χ2v) is 7.31. The van der Waals surface area contributed by atoms with Gasteiger partial charge in [-0.2, -0.15) is 0 Å². The summed E-state index contributed by atoms with van der Waals surface area (Å²) in [6, 6.07) is 16.3. The first-order valence-corrected chi connectivity index (χ1v) is 8.89. The molecule has 0 unspecified atom stereocenters. The number of hydrogen-bond acceptors (Lipinski definition) is 3. The van der Waals surface area contributed by atoms with Crippen molar-refractivity contribution in [2.45, 2.75) is 13.3 Å². The fourth-order valence-electron chi connectivity index (χ4n) is 2.69. The largest absolute Gasteiger partial charge is 0.321 e. The minimum absolute atomic E-state index is 0.0326. The summed E-state index contributed by atoms with van der Waals surface area (Å²) in [4.78, 5) is 15.5. The maximum atomic E-state index is 12.6. The fraction of sp³-hybridized carbons (Fsp3) is 0.250. The molecule has 0 aliphatic heterocycles. The van der Waals surface area contributed by atoms with Crippen molar-refractivity contribution in [3.05, 3.63) is 64.5 Å². The van der Waals surface area contributed by atoms with Crippen molar-refractivity contribution in [2.24, 2.45) is 0 Å². The quantitative estimate of drug-likeness (QED) is 0.739. The minimum Gasteiger partial charge on any atom is -0.321 e. The zero-order valence-corrected chi connectivity index (χ0v) is 15.1. The van der Waals surface area contributed by atoms with E-state index >= 15 is 0 Å². The molecule has 1 N–H and O–H groups in total. The summed E-state index contributed by atoms with van der Waals surface area (Å²) >= 11 is 1.55. The molecule has 3 nitrogen and oxygen atoms in total. The van der Waals surface area contributed by atoms with Crippen LogP contribution >= 0.6 is 11.3 Å². The van der Waals surface area contributed by atoms with Crippen LogP contribution in [-0.2, 0) is 6.42 Å². The van der Waals surface area contributed by atoms with Gasteiger partial charge in [-0.05, 0) is 62.2 Å². The number of nitrogens with one attached hydrogen (secondary N) is 1. The van der Waals surface area contributed by atoms with Crippen LogP contribution in [0.5, 0.6) is 0 Å². The molecule has 0 atom stereocenters. The van der Waals surface area contributed by atoms with E-state index in [1.165, 1.54) is 5.56 Å². The topological polar surface area (TPSA) is 32.3 Å². The van der Waals surface area contributed by atoms with Crippen molar-refractivity contribution in [3.63, 3.8) is 0 Å².